The van der Waals surface area contributed by atoms with E-state index in [1.165, 1.54) is 6.07 Å². The fourth-order valence-corrected chi connectivity index (χ4v) is 3.92. The second kappa shape index (κ2) is 9.79. The van der Waals surface area contributed by atoms with Gasteiger partial charge in [-0.25, -0.2) is 4.39 Å². The molecule has 0 spiro atoms. The van der Waals surface area contributed by atoms with Crippen molar-refractivity contribution in [1.29, 1.82) is 0 Å². The number of amides is 2. The number of halogens is 2. The van der Waals surface area contributed by atoms with Crippen molar-refractivity contribution in [2.24, 2.45) is 5.92 Å². The quantitative estimate of drug-likeness (QED) is 0.691. The Labute approximate surface area is 188 Å². The van der Waals surface area contributed by atoms with Gasteiger partial charge in [0.2, 0.25) is 5.91 Å². The zero-order valence-electron chi connectivity index (χ0n) is 18.2. The van der Waals surface area contributed by atoms with Crippen molar-refractivity contribution in [2.45, 2.75) is 45.7 Å². The number of benzene rings is 2. The van der Waals surface area contributed by atoms with Crippen LogP contribution in [0.5, 0.6) is 0 Å². The Balaban J connectivity index is 1.59. The van der Waals surface area contributed by atoms with E-state index in [9.17, 15) is 14.0 Å². The molecule has 31 heavy (non-hydrogen) atoms. The van der Waals surface area contributed by atoms with Crippen LogP contribution < -0.4 is 10.6 Å². The number of hydrogen-bond donors (Lipinski definition) is 2. The molecular weight excluding hydrogens is 417 g/mol. The number of para-hydroxylation sites is 1. The van der Waals surface area contributed by atoms with Crippen molar-refractivity contribution in [2.75, 3.05) is 18.4 Å². The summed E-state index contributed by atoms with van der Waals surface area (Å²) in [6.07, 6.45) is 1.32. The Kier molecular flexibility index (Phi) is 7.34. The number of carbonyl (C=O) groups excluding carboxylic acids is 2. The van der Waals surface area contributed by atoms with E-state index in [2.05, 4.69) is 15.5 Å². The lowest BCUT2D eigenvalue weighted by atomic mass is 9.95. The van der Waals surface area contributed by atoms with Gasteiger partial charge in [-0.3, -0.25) is 14.5 Å². The molecule has 1 aliphatic heterocycles. The Morgan fingerprint density at radius 3 is 2.42 bits per heavy atom. The lowest BCUT2D eigenvalue weighted by molar-refractivity contribution is -0.121. The van der Waals surface area contributed by atoms with Gasteiger partial charge in [-0.15, -0.1) is 0 Å². The van der Waals surface area contributed by atoms with Crippen LogP contribution in [0.15, 0.2) is 42.5 Å². The number of rotatable bonds is 5. The molecule has 0 aromatic heterocycles. The summed E-state index contributed by atoms with van der Waals surface area (Å²) in [4.78, 5) is 27.6. The molecule has 7 heteroatoms. The number of nitrogens with zero attached hydrogens (tertiary/aromatic N) is 1. The fourth-order valence-electron chi connectivity index (χ4n) is 3.69. The third-order valence-electron chi connectivity index (χ3n) is 5.32. The van der Waals surface area contributed by atoms with Gasteiger partial charge >= 0.3 is 0 Å². The van der Waals surface area contributed by atoms with E-state index in [1.807, 2.05) is 20.8 Å². The van der Waals surface area contributed by atoms with Crippen LogP contribution in [-0.2, 0) is 11.3 Å². The zero-order valence-corrected chi connectivity index (χ0v) is 18.9. The minimum absolute atomic E-state index is 0.0976. The normalized spacial score (nSPS) is 15.5. The molecule has 2 amide bonds. The fraction of sp³-hybridized carbons (Fsp3) is 0.417. The summed E-state index contributed by atoms with van der Waals surface area (Å²) in [5.74, 6) is -0.789. The van der Waals surface area contributed by atoms with E-state index in [4.69, 9.17) is 11.6 Å². The van der Waals surface area contributed by atoms with Gasteiger partial charge in [0, 0.05) is 28.6 Å². The summed E-state index contributed by atoms with van der Waals surface area (Å²) in [6, 6.07) is 11.7. The van der Waals surface area contributed by atoms with Crippen molar-refractivity contribution in [1.82, 2.24) is 10.2 Å². The lowest BCUT2D eigenvalue weighted by Gasteiger charge is -2.31. The molecule has 1 aliphatic rings. The summed E-state index contributed by atoms with van der Waals surface area (Å²) >= 11 is 6.14. The number of piperidine rings is 1. The van der Waals surface area contributed by atoms with Crippen molar-refractivity contribution < 1.29 is 14.0 Å². The molecule has 1 saturated heterocycles. The first-order valence-electron chi connectivity index (χ1n) is 10.5. The van der Waals surface area contributed by atoms with Crippen LogP contribution in [0.4, 0.5) is 10.1 Å². The van der Waals surface area contributed by atoms with Gasteiger partial charge in [-0.1, -0.05) is 29.8 Å². The minimum Gasteiger partial charge on any atom is -0.347 e. The first-order valence-corrected chi connectivity index (χ1v) is 10.9. The molecular formula is C24H29ClFN3O2. The van der Waals surface area contributed by atoms with Crippen LogP contribution in [0.3, 0.4) is 0 Å². The van der Waals surface area contributed by atoms with Crippen LogP contribution in [0.2, 0.25) is 5.02 Å². The summed E-state index contributed by atoms with van der Waals surface area (Å²) in [5, 5.41) is 6.28. The monoisotopic (exact) mass is 445 g/mol. The number of likely N-dealkylation sites (tertiary alicyclic amines) is 1. The molecule has 2 aromatic carbocycles. The molecule has 1 fully saturated rings. The molecule has 2 aromatic rings. The number of carbonyl (C=O) groups is 2. The second-order valence-electron chi connectivity index (χ2n) is 8.99. The Morgan fingerprint density at radius 2 is 1.77 bits per heavy atom. The van der Waals surface area contributed by atoms with Crippen LogP contribution >= 0.6 is 11.6 Å². The predicted octanol–water partition coefficient (Wildman–Crippen LogP) is 4.86. The van der Waals surface area contributed by atoms with Crippen LogP contribution in [0.1, 0.15) is 49.5 Å². The SMILES string of the molecule is CC(C)(C)NC(=O)c1ccccc1NC(=O)C1CCN(Cc2c(F)cccc2Cl)CC1. The molecule has 1 heterocycles. The molecule has 0 aliphatic carbocycles. The third-order valence-corrected chi connectivity index (χ3v) is 5.67. The van der Waals surface area contributed by atoms with Gasteiger partial charge in [0.1, 0.15) is 5.82 Å². The van der Waals surface area contributed by atoms with Crippen molar-refractivity contribution in [3.63, 3.8) is 0 Å². The molecule has 0 radical (unpaired) electrons. The number of nitrogens with one attached hydrogen (secondary N) is 2. The number of hydrogen-bond acceptors (Lipinski definition) is 3. The first-order chi connectivity index (χ1) is 14.6. The summed E-state index contributed by atoms with van der Waals surface area (Å²) < 4.78 is 14.1. The smallest absolute Gasteiger partial charge is 0.253 e. The Bertz CT molecular complexity index is 930. The molecule has 166 valence electrons. The van der Waals surface area contributed by atoms with E-state index in [0.29, 0.717) is 54.3 Å². The van der Waals surface area contributed by atoms with Crippen molar-refractivity contribution in [3.8, 4) is 0 Å². The highest BCUT2D eigenvalue weighted by Gasteiger charge is 2.27. The molecule has 2 N–H and O–H groups in total. The van der Waals surface area contributed by atoms with Crippen LogP contribution in [0, 0.1) is 11.7 Å². The standard InChI is InChI=1S/C24H29ClFN3O2/c1-24(2,3)28-23(31)17-7-4-5-10-21(17)27-22(30)16-11-13-29(14-12-16)15-18-19(25)8-6-9-20(18)26/h4-10,16H,11-15H2,1-3H3,(H,27,30)(H,28,31). The third kappa shape index (κ3) is 6.28. The van der Waals surface area contributed by atoms with Crippen LogP contribution in [-0.4, -0.2) is 35.3 Å². The summed E-state index contributed by atoms with van der Waals surface area (Å²) in [7, 11) is 0. The molecule has 0 atom stereocenters. The Morgan fingerprint density at radius 1 is 1.10 bits per heavy atom. The molecule has 3 rings (SSSR count). The highest BCUT2D eigenvalue weighted by atomic mass is 35.5. The molecule has 0 unspecified atom stereocenters. The van der Waals surface area contributed by atoms with Gasteiger partial charge in [0.25, 0.3) is 5.91 Å². The summed E-state index contributed by atoms with van der Waals surface area (Å²) in [6.45, 7) is 7.51. The maximum absolute atomic E-state index is 14.1. The largest absolute Gasteiger partial charge is 0.347 e. The number of anilines is 1. The molecule has 0 saturated carbocycles. The van der Waals surface area contributed by atoms with Crippen molar-refractivity contribution in [3.05, 3.63) is 64.4 Å². The van der Waals surface area contributed by atoms with Gasteiger partial charge in [-0.2, -0.15) is 0 Å². The van der Waals surface area contributed by atoms with Gasteiger partial charge < -0.3 is 10.6 Å². The topological polar surface area (TPSA) is 61.4 Å². The Hall–Kier alpha value is -2.44. The van der Waals surface area contributed by atoms with E-state index >= 15 is 0 Å². The summed E-state index contributed by atoms with van der Waals surface area (Å²) in [5.41, 5.74) is 1.07. The van der Waals surface area contributed by atoms with Gasteiger partial charge in [0.05, 0.1) is 11.3 Å². The highest BCUT2D eigenvalue weighted by Crippen LogP contribution is 2.26. The maximum atomic E-state index is 14.1. The maximum Gasteiger partial charge on any atom is 0.253 e. The minimum atomic E-state index is -0.373. The van der Waals surface area contributed by atoms with E-state index in [1.54, 1.807) is 36.4 Å². The van der Waals surface area contributed by atoms with Crippen LogP contribution in [0.25, 0.3) is 0 Å². The first kappa shape index (κ1) is 23.2. The zero-order chi connectivity index (χ0) is 22.6. The van der Waals surface area contributed by atoms with Gasteiger partial charge in [0.15, 0.2) is 0 Å². The van der Waals surface area contributed by atoms with E-state index in [-0.39, 0.29) is 29.1 Å². The van der Waals surface area contributed by atoms with Gasteiger partial charge in [-0.05, 0) is 71.0 Å². The highest BCUT2D eigenvalue weighted by molar-refractivity contribution is 6.31. The van der Waals surface area contributed by atoms with E-state index < -0.39 is 0 Å². The van der Waals surface area contributed by atoms with Crippen molar-refractivity contribution >= 4 is 29.1 Å². The second-order valence-corrected chi connectivity index (χ2v) is 9.40. The average Bonchev–Trinajstić information content (AvgIpc) is 2.70. The average molecular weight is 446 g/mol. The molecule has 5 nitrogen and oxygen atoms in total. The molecule has 0 bridgehead atoms. The predicted molar refractivity (Wildman–Crippen MR) is 122 cm³/mol. The lowest BCUT2D eigenvalue weighted by Crippen LogP contribution is -2.41. The van der Waals surface area contributed by atoms with E-state index in [0.717, 1.165) is 0 Å².